The van der Waals surface area contributed by atoms with Crippen LogP contribution >= 0.6 is 11.6 Å². The number of sulfonamides is 1. The molecule has 2 fully saturated rings. The van der Waals surface area contributed by atoms with Crippen LogP contribution < -0.4 is 4.72 Å². The van der Waals surface area contributed by atoms with Crippen molar-refractivity contribution in [3.8, 4) is 0 Å². The van der Waals surface area contributed by atoms with Gasteiger partial charge in [-0.25, -0.2) is 13.1 Å². The van der Waals surface area contributed by atoms with E-state index in [0.717, 1.165) is 18.4 Å². The third kappa shape index (κ3) is 4.22. The third-order valence-corrected chi connectivity index (χ3v) is 6.51. The first-order valence-electron chi connectivity index (χ1n) is 7.76. The monoisotopic (exact) mass is 343 g/mol. The predicted molar refractivity (Wildman–Crippen MR) is 87.3 cm³/mol. The summed E-state index contributed by atoms with van der Waals surface area (Å²) in [5, 5.41) is 10.6. The lowest BCUT2D eigenvalue weighted by molar-refractivity contribution is 0.176. The summed E-state index contributed by atoms with van der Waals surface area (Å²) in [6.45, 7) is 0.0483. The summed E-state index contributed by atoms with van der Waals surface area (Å²) in [5.41, 5.74) is 1.42. The lowest BCUT2D eigenvalue weighted by Crippen LogP contribution is -2.39. The van der Waals surface area contributed by atoms with Gasteiger partial charge in [-0.1, -0.05) is 23.7 Å². The van der Waals surface area contributed by atoms with E-state index in [2.05, 4.69) is 4.72 Å². The van der Waals surface area contributed by atoms with Crippen molar-refractivity contribution in [3.63, 3.8) is 0 Å². The average Bonchev–Trinajstić information content (AvgIpc) is 3.16. The summed E-state index contributed by atoms with van der Waals surface area (Å²) in [5.74, 6) is 0.489. The van der Waals surface area contributed by atoms with Crippen LogP contribution in [-0.4, -0.2) is 31.9 Å². The maximum absolute atomic E-state index is 12.0. The topological polar surface area (TPSA) is 66.4 Å². The van der Waals surface area contributed by atoms with Crippen LogP contribution in [0.5, 0.6) is 0 Å². The largest absolute Gasteiger partial charge is 0.391 e. The third-order valence-electron chi connectivity index (χ3n) is 4.75. The van der Waals surface area contributed by atoms with Gasteiger partial charge in [0.1, 0.15) is 0 Å². The van der Waals surface area contributed by atoms with Gasteiger partial charge >= 0.3 is 0 Å². The fourth-order valence-corrected chi connectivity index (χ4v) is 5.10. The minimum atomic E-state index is -3.30. The van der Waals surface area contributed by atoms with Crippen molar-refractivity contribution >= 4 is 21.6 Å². The molecule has 0 radical (unpaired) electrons. The molecule has 2 N–H and O–H groups in total. The predicted octanol–water partition coefficient (Wildman–Crippen LogP) is 2.35. The minimum absolute atomic E-state index is 0.0483. The van der Waals surface area contributed by atoms with Gasteiger partial charge in [-0.3, -0.25) is 0 Å². The maximum Gasteiger partial charge on any atom is 0.211 e. The number of benzene rings is 1. The van der Waals surface area contributed by atoms with Crippen LogP contribution in [0.3, 0.4) is 0 Å². The van der Waals surface area contributed by atoms with E-state index in [-0.39, 0.29) is 12.3 Å². The molecule has 6 heteroatoms. The van der Waals surface area contributed by atoms with Crippen molar-refractivity contribution in [2.75, 3.05) is 12.3 Å². The van der Waals surface area contributed by atoms with Gasteiger partial charge in [0.15, 0.2) is 0 Å². The van der Waals surface area contributed by atoms with Gasteiger partial charge in [-0.05, 0) is 61.1 Å². The molecule has 122 valence electrons. The fraction of sp³-hybridized carbons (Fsp3) is 0.625. The average molecular weight is 344 g/mol. The minimum Gasteiger partial charge on any atom is -0.391 e. The molecule has 2 saturated carbocycles. The van der Waals surface area contributed by atoms with Gasteiger partial charge in [0.25, 0.3) is 0 Å². The molecule has 1 aromatic rings. The molecule has 4 nitrogen and oxygen atoms in total. The molecule has 1 atom stereocenters. The van der Waals surface area contributed by atoms with Crippen LogP contribution in [0.15, 0.2) is 24.3 Å². The van der Waals surface area contributed by atoms with Gasteiger partial charge in [0.05, 0.1) is 11.9 Å². The Hall–Kier alpha value is -0.620. The first-order valence-corrected chi connectivity index (χ1v) is 9.79. The standard InChI is InChI=1S/C16H22ClNO3S/c17-14-3-1-2-12(6-14)7-15(19)10-18-22(20,21)11-13-8-16(9-13)4-5-16/h1-3,6,13,15,18-19H,4-5,7-11H2. The Morgan fingerprint density at radius 1 is 1.36 bits per heavy atom. The maximum atomic E-state index is 12.0. The number of aliphatic hydroxyl groups excluding tert-OH is 1. The van der Waals surface area contributed by atoms with Gasteiger partial charge in [0, 0.05) is 11.6 Å². The summed E-state index contributed by atoms with van der Waals surface area (Å²) >= 11 is 5.89. The molecule has 0 aliphatic heterocycles. The molecule has 0 bridgehead atoms. The van der Waals surface area contributed by atoms with Crippen LogP contribution in [0.1, 0.15) is 31.2 Å². The normalized spacial score (nSPS) is 21.5. The number of nitrogens with one attached hydrogen (secondary N) is 1. The second kappa shape index (κ2) is 6.11. The van der Waals surface area contributed by atoms with E-state index in [1.54, 1.807) is 12.1 Å². The number of halogens is 1. The van der Waals surface area contributed by atoms with E-state index in [4.69, 9.17) is 11.6 Å². The zero-order valence-electron chi connectivity index (χ0n) is 12.5. The van der Waals surface area contributed by atoms with Crippen molar-refractivity contribution in [2.45, 2.75) is 38.2 Å². The first-order chi connectivity index (χ1) is 10.4. The van der Waals surface area contributed by atoms with E-state index in [1.165, 1.54) is 12.8 Å². The summed E-state index contributed by atoms with van der Waals surface area (Å²) in [6, 6.07) is 7.24. The molecule has 2 aliphatic carbocycles. The molecule has 0 heterocycles. The Bertz CT molecular complexity index is 635. The summed E-state index contributed by atoms with van der Waals surface area (Å²) in [4.78, 5) is 0. The zero-order chi connectivity index (χ0) is 15.8. The van der Waals surface area contributed by atoms with Crippen molar-refractivity contribution in [1.82, 2.24) is 4.72 Å². The Kier molecular flexibility index (Phi) is 4.52. The Morgan fingerprint density at radius 2 is 2.09 bits per heavy atom. The number of aliphatic hydroxyl groups is 1. The SMILES string of the molecule is O=S(=O)(CC1CC2(CC2)C1)NCC(O)Cc1cccc(Cl)c1. The van der Waals surface area contributed by atoms with E-state index in [0.29, 0.717) is 22.8 Å². The summed E-state index contributed by atoms with van der Waals surface area (Å²) in [6.07, 6.45) is 4.29. The van der Waals surface area contributed by atoms with Gasteiger partial charge < -0.3 is 5.11 Å². The van der Waals surface area contributed by atoms with E-state index in [1.807, 2.05) is 12.1 Å². The first kappa shape index (κ1) is 16.2. The lowest BCUT2D eigenvalue weighted by Gasteiger charge is -2.35. The van der Waals surface area contributed by atoms with Crippen molar-refractivity contribution in [1.29, 1.82) is 0 Å². The van der Waals surface area contributed by atoms with Crippen molar-refractivity contribution in [3.05, 3.63) is 34.9 Å². The lowest BCUT2D eigenvalue weighted by atomic mass is 9.73. The van der Waals surface area contributed by atoms with Crippen LogP contribution in [0.2, 0.25) is 5.02 Å². The zero-order valence-corrected chi connectivity index (χ0v) is 14.0. The van der Waals surface area contributed by atoms with Gasteiger partial charge in [-0.15, -0.1) is 0 Å². The van der Waals surface area contributed by atoms with E-state index < -0.39 is 16.1 Å². The molecule has 1 aromatic carbocycles. The van der Waals surface area contributed by atoms with Crippen molar-refractivity contribution < 1.29 is 13.5 Å². The highest BCUT2D eigenvalue weighted by Gasteiger charge is 2.53. The molecule has 0 amide bonds. The summed E-state index contributed by atoms with van der Waals surface area (Å²) < 4.78 is 26.6. The molecule has 0 saturated heterocycles. The Morgan fingerprint density at radius 3 is 2.73 bits per heavy atom. The van der Waals surface area contributed by atoms with Crippen molar-refractivity contribution in [2.24, 2.45) is 11.3 Å². The van der Waals surface area contributed by atoms with Crippen LogP contribution in [0, 0.1) is 11.3 Å². The van der Waals surface area contributed by atoms with E-state index in [9.17, 15) is 13.5 Å². The molecule has 3 rings (SSSR count). The molecular formula is C16H22ClNO3S. The van der Waals surface area contributed by atoms with Gasteiger partial charge in [-0.2, -0.15) is 0 Å². The molecule has 2 aliphatic rings. The highest BCUT2D eigenvalue weighted by atomic mass is 35.5. The van der Waals surface area contributed by atoms with E-state index >= 15 is 0 Å². The molecular weight excluding hydrogens is 322 g/mol. The number of hydrogen-bond acceptors (Lipinski definition) is 3. The Labute approximate surface area is 136 Å². The Balaban J connectivity index is 1.42. The quantitative estimate of drug-likeness (QED) is 0.798. The molecule has 0 aromatic heterocycles. The second-order valence-corrected chi connectivity index (χ2v) is 9.18. The highest BCUT2D eigenvalue weighted by Crippen LogP contribution is 2.63. The van der Waals surface area contributed by atoms with Crippen LogP contribution in [-0.2, 0) is 16.4 Å². The smallest absolute Gasteiger partial charge is 0.211 e. The fourth-order valence-electron chi connectivity index (χ4n) is 3.47. The number of hydrogen-bond donors (Lipinski definition) is 2. The second-order valence-electron chi connectivity index (χ2n) is 6.89. The number of rotatable bonds is 7. The molecule has 1 spiro atoms. The molecule has 1 unspecified atom stereocenters. The highest BCUT2D eigenvalue weighted by molar-refractivity contribution is 7.89. The van der Waals surface area contributed by atoms with Crippen LogP contribution in [0.4, 0.5) is 0 Å². The van der Waals surface area contributed by atoms with Crippen LogP contribution in [0.25, 0.3) is 0 Å². The van der Waals surface area contributed by atoms with Gasteiger partial charge in [0.2, 0.25) is 10.0 Å². The summed E-state index contributed by atoms with van der Waals surface area (Å²) in [7, 11) is -3.30. The molecule has 22 heavy (non-hydrogen) atoms.